The van der Waals surface area contributed by atoms with Gasteiger partial charge in [0.1, 0.15) is 11.9 Å². The third-order valence-electron chi connectivity index (χ3n) is 4.79. The lowest BCUT2D eigenvalue weighted by molar-refractivity contribution is 0.184. The molecule has 0 radical (unpaired) electrons. The van der Waals surface area contributed by atoms with Gasteiger partial charge in [0.05, 0.1) is 18.6 Å². The maximum atomic E-state index is 14.5. The lowest BCUT2D eigenvalue weighted by Gasteiger charge is -2.14. The molecular formula is C23H25FIN5OS. The maximum absolute atomic E-state index is 14.5. The molecule has 0 spiro atoms. The van der Waals surface area contributed by atoms with Crippen molar-refractivity contribution in [2.24, 2.45) is 4.99 Å². The second-order valence-corrected chi connectivity index (χ2v) is 8.15. The van der Waals surface area contributed by atoms with E-state index in [1.165, 1.54) is 6.07 Å². The Morgan fingerprint density at radius 1 is 1.22 bits per heavy atom. The minimum absolute atomic E-state index is 0. The molecule has 32 heavy (non-hydrogen) atoms. The van der Waals surface area contributed by atoms with E-state index in [-0.39, 0.29) is 29.8 Å². The largest absolute Gasteiger partial charge is 0.386 e. The fraction of sp³-hybridized carbons (Fsp3) is 0.217. The van der Waals surface area contributed by atoms with Gasteiger partial charge in [0.2, 0.25) is 0 Å². The molecule has 2 heterocycles. The van der Waals surface area contributed by atoms with E-state index in [0.717, 1.165) is 20.5 Å². The van der Waals surface area contributed by atoms with Crippen molar-refractivity contribution in [3.05, 3.63) is 83.5 Å². The summed E-state index contributed by atoms with van der Waals surface area (Å²) in [5.74, 6) is 0.241. The number of rotatable bonds is 7. The van der Waals surface area contributed by atoms with Crippen molar-refractivity contribution >= 4 is 51.4 Å². The molecule has 0 bridgehead atoms. The number of hydrogen-bond donors (Lipinski definition) is 3. The van der Waals surface area contributed by atoms with Crippen LogP contribution in [0.3, 0.4) is 0 Å². The number of thiophene rings is 1. The maximum Gasteiger partial charge on any atom is 0.191 e. The van der Waals surface area contributed by atoms with Crippen molar-refractivity contribution in [1.29, 1.82) is 0 Å². The van der Waals surface area contributed by atoms with Crippen LogP contribution in [0.2, 0.25) is 0 Å². The normalized spacial score (nSPS) is 12.4. The number of hydrogen-bond acceptors (Lipinski definition) is 4. The van der Waals surface area contributed by atoms with Crippen LogP contribution in [0.1, 0.15) is 23.5 Å². The Bertz CT molecular complexity index is 1150. The highest BCUT2D eigenvalue weighted by atomic mass is 127. The number of nitrogens with one attached hydrogen (secondary N) is 2. The minimum Gasteiger partial charge on any atom is -0.386 e. The molecule has 0 saturated heterocycles. The molecule has 4 rings (SSSR count). The number of aliphatic imine (C=N–C) groups is 1. The van der Waals surface area contributed by atoms with Crippen LogP contribution in [-0.2, 0) is 6.54 Å². The molecular weight excluding hydrogens is 540 g/mol. The summed E-state index contributed by atoms with van der Waals surface area (Å²) in [5.41, 5.74) is 1.20. The van der Waals surface area contributed by atoms with Gasteiger partial charge in [-0.1, -0.05) is 24.3 Å². The molecule has 1 unspecified atom stereocenters. The fourth-order valence-corrected chi connectivity index (χ4v) is 4.28. The molecule has 3 N–H and O–H groups in total. The van der Waals surface area contributed by atoms with Gasteiger partial charge in [0.25, 0.3) is 0 Å². The number of halogens is 2. The van der Waals surface area contributed by atoms with E-state index in [0.29, 0.717) is 31.3 Å². The van der Waals surface area contributed by atoms with Crippen LogP contribution in [0.25, 0.3) is 15.8 Å². The van der Waals surface area contributed by atoms with Crippen LogP contribution in [0, 0.1) is 5.82 Å². The molecule has 2 aromatic heterocycles. The van der Waals surface area contributed by atoms with E-state index in [9.17, 15) is 9.50 Å². The van der Waals surface area contributed by atoms with Crippen molar-refractivity contribution in [2.45, 2.75) is 19.6 Å². The molecule has 6 nitrogen and oxygen atoms in total. The second kappa shape index (κ2) is 11.4. The van der Waals surface area contributed by atoms with Crippen molar-refractivity contribution in [1.82, 2.24) is 20.2 Å². The predicted molar refractivity (Wildman–Crippen MR) is 139 cm³/mol. The molecule has 1 atom stereocenters. The van der Waals surface area contributed by atoms with E-state index in [4.69, 9.17) is 0 Å². The van der Waals surface area contributed by atoms with Crippen LogP contribution in [0.15, 0.2) is 72.2 Å². The van der Waals surface area contributed by atoms with Gasteiger partial charge in [0.15, 0.2) is 5.96 Å². The Morgan fingerprint density at radius 3 is 2.78 bits per heavy atom. The minimum atomic E-state index is -0.645. The Balaban J connectivity index is 0.00000289. The zero-order valence-electron chi connectivity index (χ0n) is 17.5. The third kappa shape index (κ3) is 5.84. The van der Waals surface area contributed by atoms with Gasteiger partial charge in [-0.15, -0.1) is 35.3 Å². The van der Waals surface area contributed by atoms with E-state index in [1.54, 1.807) is 40.7 Å². The summed E-state index contributed by atoms with van der Waals surface area (Å²) in [4.78, 5) is 9.38. The van der Waals surface area contributed by atoms with Gasteiger partial charge in [-0.3, -0.25) is 0 Å². The van der Waals surface area contributed by atoms with Gasteiger partial charge >= 0.3 is 0 Å². The van der Waals surface area contributed by atoms with Crippen LogP contribution < -0.4 is 10.6 Å². The highest BCUT2D eigenvalue weighted by Crippen LogP contribution is 2.29. The zero-order valence-corrected chi connectivity index (χ0v) is 20.7. The van der Waals surface area contributed by atoms with E-state index in [2.05, 4.69) is 20.6 Å². The molecule has 0 amide bonds. The van der Waals surface area contributed by atoms with Crippen molar-refractivity contribution in [2.75, 3.05) is 13.1 Å². The summed E-state index contributed by atoms with van der Waals surface area (Å²) in [5, 5.41) is 18.0. The van der Waals surface area contributed by atoms with Crippen molar-refractivity contribution in [3.63, 3.8) is 0 Å². The molecule has 2 aromatic carbocycles. The smallest absolute Gasteiger partial charge is 0.191 e. The summed E-state index contributed by atoms with van der Waals surface area (Å²) < 4.78 is 17.2. The van der Waals surface area contributed by atoms with E-state index >= 15 is 0 Å². The molecule has 0 fully saturated rings. The first kappa shape index (κ1) is 24.1. The molecule has 0 aliphatic rings. The lowest BCUT2D eigenvalue weighted by atomic mass is 10.2. The summed E-state index contributed by atoms with van der Waals surface area (Å²) in [7, 11) is 0. The van der Waals surface area contributed by atoms with Crippen molar-refractivity contribution in [3.8, 4) is 5.69 Å². The average molecular weight is 565 g/mol. The highest BCUT2D eigenvalue weighted by Gasteiger charge is 2.12. The van der Waals surface area contributed by atoms with Gasteiger partial charge in [-0.2, -0.15) is 0 Å². The SMILES string of the molecule is CCNC(=NCc1ccc(-n2ccnc2)c(F)c1)NCC(O)c1cc2ccccc2s1.I. The van der Waals surface area contributed by atoms with Gasteiger partial charge < -0.3 is 20.3 Å². The molecule has 0 aliphatic heterocycles. The number of aliphatic hydroxyl groups is 1. The summed E-state index contributed by atoms with van der Waals surface area (Å²) in [6, 6.07) is 15.1. The van der Waals surface area contributed by atoms with Crippen LogP contribution in [0.5, 0.6) is 0 Å². The number of benzene rings is 2. The van der Waals surface area contributed by atoms with Crippen LogP contribution in [0.4, 0.5) is 4.39 Å². The number of aliphatic hydroxyl groups excluding tert-OH is 1. The quantitative estimate of drug-likeness (QED) is 0.174. The lowest BCUT2D eigenvalue weighted by Crippen LogP contribution is -2.39. The predicted octanol–water partition coefficient (Wildman–Crippen LogP) is 4.63. The Labute approximate surface area is 207 Å². The standard InChI is InChI=1S/C23H24FN5OS.HI/c1-2-26-23(28-14-20(30)22-12-17-5-3-4-6-21(17)31-22)27-13-16-7-8-19(18(24)11-16)29-10-9-25-15-29;/h3-12,15,20,30H,2,13-14H2,1H3,(H2,26,27,28);1H. The topological polar surface area (TPSA) is 74.5 Å². The van der Waals surface area contributed by atoms with Crippen LogP contribution in [-0.4, -0.2) is 33.7 Å². The molecule has 0 aliphatic carbocycles. The Morgan fingerprint density at radius 2 is 2.06 bits per heavy atom. The monoisotopic (exact) mass is 565 g/mol. The second-order valence-electron chi connectivity index (χ2n) is 7.03. The van der Waals surface area contributed by atoms with Crippen molar-refractivity contribution < 1.29 is 9.50 Å². The molecule has 4 aromatic rings. The average Bonchev–Trinajstić information content (AvgIpc) is 3.45. The van der Waals surface area contributed by atoms with Gasteiger partial charge in [0, 0.05) is 35.1 Å². The first-order valence-electron chi connectivity index (χ1n) is 10.1. The number of fused-ring (bicyclic) bond motifs is 1. The van der Waals surface area contributed by atoms with E-state index < -0.39 is 6.10 Å². The molecule has 168 valence electrons. The first-order chi connectivity index (χ1) is 15.1. The van der Waals surface area contributed by atoms with Gasteiger partial charge in [-0.25, -0.2) is 14.4 Å². The van der Waals surface area contributed by atoms with E-state index in [1.807, 2.05) is 43.3 Å². The fourth-order valence-electron chi connectivity index (χ4n) is 3.23. The zero-order chi connectivity index (χ0) is 21.6. The van der Waals surface area contributed by atoms with Crippen LogP contribution >= 0.6 is 35.3 Å². The molecule has 9 heteroatoms. The number of imidazole rings is 1. The summed E-state index contributed by atoms with van der Waals surface area (Å²) >= 11 is 1.58. The number of aromatic nitrogens is 2. The van der Waals surface area contributed by atoms with Gasteiger partial charge in [-0.05, 0) is 42.1 Å². The highest BCUT2D eigenvalue weighted by molar-refractivity contribution is 14.0. The Kier molecular flexibility index (Phi) is 8.60. The first-order valence-corrected chi connectivity index (χ1v) is 10.9. The Hall–Kier alpha value is -2.50. The number of guanidine groups is 1. The number of nitrogens with zero attached hydrogens (tertiary/aromatic N) is 3. The summed E-state index contributed by atoms with van der Waals surface area (Å²) in [6.45, 7) is 3.29. The third-order valence-corrected chi connectivity index (χ3v) is 6.01. The molecule has 0 saturated carbocycles. The summed E-state index contributed by atoms with van der Waals surface area (Å²) in [6.07, 6.45) is 4.23.